The first-order chi connectivity index (χ1) is 14.6. The molecule has 0 bridgehead atoms. The van der Waals surface area contributed by atoms with Gasteiger partial charge in [0.1, 0.15) is 18.3 Å². The number of ether oxygens (including phenoxy) is 3. The molecule has 3 saturated carbocycles. The Balaban J connectivity index is 1.53. The summed E-state index contributed by atoms with van der Waals surface area (Å²) < 4.78 is 16.9. The fourth-order valence-electron chi connectivity index (χ4n) is 4.92. The van der Waals surface area contributed by atoms with Crippen molar-refractivity contribution < 1.29 is 28.6 Å². The van der Waals surface area contributed by atoms with E-state index in [-0.39, 0.29) is 31.2 Å². The van der Waals surface area contributed by atoms with Gasteiger partial charge < -0.3 is 14.2 Å². The lowest BCUT2D eigenvalue weighted by Crippen LogP contribution is -2.32. The molecule has 0 aromatic carbocycles. The summed E-state index contributed by atoms with van der Waals surface area (Å²) in [6.45, 7) is 0. The molecule has 0 saturated heterocycles. The van der Waals surface area contributed by atoms with E-state index in [1.54, 1.807) is 0 Å². The van der Waals surface area contributed by atoms with Gasteiger partial charge in [-0.1, -0.05) is 19.3 Å². The molecule has 6 nitrogen and oxygen atoms in total. The summed E-state index contributed by atoms with van der Waals surface area (Å²) in [4.78, 5) is 37.8. The van der Waals surface area contributed by atoms with Gasteiger partial charge in [-0.25, -0.2) is 0 Å². The summed E-state index contributed by atoms with van der Waals surface area (Å²) in [6, 6.07) is 0. The van der Waals surface area contributed by atoms with Gasteiger partial charge in [0, 0.05) is 0 Å². The summed E-state index contributed by atoms with van der Waals surface area (Å²) >= 11 is 0. The Morgan fingerprint density at radius 3 is 1.23 bits per heavy atom. The summed E-state index contributed by atoms with van der Waals surface area (Å²) in [5.41, 5.74) is 0. The standard InChI is InChI=1S/C24H38O6/c25-22(28-19-10-4-1-5-11-19)16-18(24(27)30-21-14-8-3-9-15-21)17-23(26)29-20-12-6-2-7-13-20/h18-21H,1-17H2. The van der Waals surface area contributed by atoms with Crippen LogP contribution in [0.4, 0.5) is 0 Å². The number of carbonyl (C=O) groups is 3. The lowest BCUT2D eigenvalue weighted by Gasteiger charge is -2.26. The molecule has 0 heterocycles. The number of hydrogen-bond donors (Lipinski definition) is 0. The van der Waals surface area contributed by atoms with Crippen LogP contribution in [-0.4, -0.2) is 36.2 Å². The van der Waals surface area contributed by atoms with E-state index < -0.39 is 23.8 Å². The summed E-state index contributed by atoms with van der Waals surface area (Å²) in [5, 5.41) is 0. The minimum absolute atomic E-state index is 0.0598. The number of hydrogen-bond acceptors (Lipinski definition) is 6. The van der Waals surface area contributed by atoms with Crippen LogP contribution in [0, 0.1) is 5.92 Å². The van der Waals surface area contributed by atoms with Crippen molar-refractivity contribution in [3.8, 4) is 0 Å². The highest BCUT2D eigenvalue weighted by molar-refractivity contribution is 5.84. The summed E-state index contributed by atoms with van der Waals surface area (Å²) in [7, 11) is 0. The maximum Gasteiger partial charge on any atom is 0.310 e. The van der Waals surface area contributed by atoms with Gasteiger partial charge in [0.15, 0.2) is 0 Å². The minimum atomic E-state index is -0.820. The van der Waals surface area contributed by atoms with E-state index >= 15 is 0 Å². The minimum Gasteiger partial charge on any atom is -0.462 e. The molecule has 170 valence electrons. The predicted molar refractivity (Wildman–Crippen MR) is 112 cm³/mol. The van der Waals surface area contributed by atoms with Gasteiger partial charge in [0.25, 0.3) is 0 Å². The molecule has 30 heavy (non-hydrogen) atoms. The van der Waals surface area contributed by atoms with Crippen LogP contribution in [0.15, 0.2) is 0 Å². The average Bonchev–Trinajstić information content (AvgIpc) is 2.75. The van der Waals surface area contributed by atoms with E-state index in [9.17, 15) is 14.4 Å². The first-order valence-electron chi connectivity index (χ1n) is 12.2. The van der Waals surface area contributed by atoms with Gasteiger partial charge >= 0.3 is 17.9 Å². The zero-order valence-corrected chi connectivity index (χ0v) is 18.3. The highest BCUT2D eigenvalue weighted by Gasteiger charge is 2.32. The summed E-state index contributed by atoms with van der Waals surface area (Å²) in [5.74, 6) is -2.09. The average molecular weight is 423 g/mol. The Kier molecular flexibility index (Phi) is 9.47. The van der Waals surface area contributed by atoms with E-state index in [2.05, 4.69) is 0 Å². The Labute approximate surface area is 180 Å². The molecule has 6 heteroatoms. The van der Waals surface area contributed by atoms with E-state index in [1.807, 2.05) is 0 Å². The molecule has 0 aromatic heterocycles. The molecule has 3 aliphatic rings. The van der Waals surface area contributed by atoms with Gasteiger partial charge in [-0.2, -0.15) is 0 Å². The Hall–Kier alpha value is -1.59. The van der Waals surface area contributed by atoms with E-state index in [0.29, 0.717) is 0 Å². The second-order valence-electron chi connectivity index (χ2n) is 9.30. The van der Waals surface area contributed by atoms with Crippen molar-refractivity contribution in [2.45, 2.75) is 127 Å². The van der Waals surface area contributed by atoms with Gasteiger partial charge in [0.05, 0.1) is 18.8 Å². The molecule has 3 rings (SSSR count). The SMILES string of the molecule is O=C(CC(CC(=O)OC1CCCCC1)C(=O)OC1CCCCC1)OC1CCCCC1. The number of esters is 3. The van der Waals surface area contributed by atoms with Gasteiger partial charge in [-0.05, 0) is 77.0 Å². The largest absolute Gasteiger partial charge is 0.462 e. The smallest absolute Gasteiger partial charge is 0.310 e. The number of rotatable bonds is 8. The van der Waals surface area contributed by atoms with Crippen molar-refractivity contribution in [2.75, 3.05) is 0 Å². The molecule has 0 radical (unpaired) electrons. The van der Waals surface area contributed by atoms with Crippen LogP contribution in [0.25, 0.3) is 0 Å². The van der Waals surface area contributed by atoms with Crippen molar-refractivity contribution in [1.82, 2.24) is 0 Å². The maximum absolute atomic E-state index is 12.8. The molecule has 0 atom stereocenters. The molecular formula is C24H38O6. The molecule has 0 amide bonds. The van der Waals surface area contributed by atoms with Crippen LogP contribution in [0.5, 0.6) is 0 Å². The van der Waals surface area contributed by atoms with Gasteiger partial charge in [-0.3, -0.25) is 14.4 Å². The highest BCUT2D eigenvalue weighted by atomic mass is 16.6. The Bertz CT molecular complexity index is 522. The third kappa shape index (κ3) is 7.92. The van der Waals surface area contributed by atoms with Gasteiger partial charge in [-0.15, -0.1) is 0 Å². The Morgan fingerprint density at radius 1 is 0.533 bits per heavy atom. The first kappa shape index (κ1) is 23.1. The van der Waals surface area contributed by atoms with E-state index in [4.69, 9.17) is 14.2 Å². The third-order valence-electron chi connectivity index (χ3n) is 6.70. The molecule has 0 N–H and O–H groups in total. The fourth-order valence-corrected chi connectivity index (χ4v) is 4.92. The predicted octanol–water partition coefficient (Wildman–Crippen LogP) is 5.01. The highest BCUT2D eigenvalue weighted by Crippen LogP contribution is 2.26. The van der Waals surface area contributed by atoms with Crippen molar-refractivity contribution in [2.24, 2.45) is 5.92 Å². The summed E-state index contributed by atoms with van der Waals surface area (Å²) in [6.07, 6.45) is 14.7. The number of carbonyl (C=O) groups excluding carboxylic acids is 3. The molecule has 0 aromatic rings. The monoisotopic (exact) mass is 422 g/mol. The van der Waals surface area contributed by atoms with E-state index in [1.165, 1.54) is 19.3 Å². The second kappa shape index (κ2) is 12.3. The van der Waals surface area contributed by atoms with Crippen molar-refractivity contribution in [3.05, 3.63) is 0 Å². The van der Waals surface area contributed by atoms with Crippen molar-refractivity contribution >= 4 is 17.9 Å². The molecule has 0 unspecified atom stereocenters. The van der Waals surface area contributed by atoms with Crippen LogP contribution in [0.1, 0.15) is 109 Å². The van der Waals surface area contributed by atoms with Crippen molar-refractivity contribution in [3.63, 3.8) is 0 Å². The van der Waals surface area contributed by atoms with Crippen LogP contribution < -0.4 is 0 Å². The lowest BCUT2D eigenvalue weighted by molar-refractivity contribution is -0.166. The molecule has 0 spiro atoms. The van der Waals surface area contributed by atoms with Gasteiger partial charge in [0.2, 0.25) is 0 Å². The topological polar surface area (TPSA) is 78.9 Å². The second-order valence-corrected chi connectivity index (χ2v) is 9.30. The molecule has 3 aliphatic carbocycles. The van der Waals surface area contributed by atoms with Crippen LogP contribution in [-0.2, 0) is 28.6 Å². The molecule has 3 fully saturated rings. The zero-order chi connectivity index (χ0) is 21.2. The molecular weight excluding hydrogens is 384 g/mol. The maximum atomic E-state index is 12.8. The van der Waals surface area contributed by atoms with Crippen LogP contribution in [0.3, 0.4) is 0 Å². The van der Waals surface area contributed by atoms with Crippen LogP contribution in [0.2, 0.25) is 0 Å². The normalized spacial score (nSPS) is 21.9. The fraction of sp³-hybridized carbons (Fsp3) is 0.875. The van der Waals surface area contributed by atoms with Crippen LogP contribution >= 0.6 is 0 Å². The Morgan fingerprint density at radius 2 is 0.867 bits per heavy atom. The lowest BCUT2D eigenvalue weighted by atomic mass is 9.96. The third-order valence-corrected chi connectivity index (χ3v) is 6.70. The first-order valence-corrected chi connectivity index (χ1v) is 12.2. The quantitative estimate of drug-likeness (QED) is 0.404. The van der Waals surface area contributed by atoms with Crippen molar-refractivity contribution in [1.29, 1.82) is 0 Å². The zero-order valence-electron chi connectivity index (χ0n) is 18.3. The van der Waals surface area contributed by atoms with E-state index in [0.717, 1.165) is 77.0 Å². The molecule has 0 aliphatic heterocycles.